The van der Waals surface area contributed by atoms with Crippen molar-refractivity contribution in [2.24, 2.45) is 0 Å². The van der Waals surface area contributed by atoms with Gasteiger partial charge in [-0.2, -0.15) is 0 Å². The highest BCUT2D eigenvalue weighted by Crippen LogP contribution is 2.30. The molecule has 0 spiro atoms. The van der Waals surface area contributed by atoms with Crippen molar-refractivity contribution in [3.63, 3.8) is 0 Å². The summed E-state index contributed by atoms with van der Waals surface area (Å²) in [5.41, 5.74) is 1.50. The smallest absolute Gasteiger partial charge is 0.243 e. The molecule has 3 rings (SSSR count). The van der Waals surface area contributed by atoms with Gasteiger partial charge in [-0.15, -0.1) is 0 Å². The summed E-state index contributed by atoms with van der Waals surface area (Å²) in [6, 6.07) is 21.3. The van der Waals surface area contributed by atoms with E-state index in [1.807, 2.05) is 30.3 Å². The third-order valence-electron chi connectivity index (χ3n) is 6.43. The molecule has 0 aromatic heterocycles. The molecule has 3 aromatic rings. The van der Waals surface area contributed by atoms with Crippen LogP contribution in [0.2, 0.25) is 0 Å². The average Bonchev–Trinajstić information content (AvgIpc) is 2.94. The Morgan fingerprint density at radius 1 is 0.975 bits per heavy atom. The minimum atomic E-state index is -3.69. The van der Waals surface area contributed by atoms with E-state index >= 15 is 0 Å². The number of anilines is 1. The molecule has 3 aromatic carbocycles. The lowest BCUT2D eigenvalue weighted by Gasteiger charge is -2.32. The fourth-order valence-electron chi connectivity index (χ4n) is 4.47. The first kappa shape index (κ1) is 30.6. The van der Waals surface area contributed by atoms with E-state index in [-0.39, 0.29) is 49.7 Å². The number of ether oxygens (including phenoxy) is 1. The van der Waals surface area contributed by atoms with Crippen molar-refractivity contribution in [2.75, 3.05) is 30.8 Å². The quantitative estimate of drug-likeness (QED) is 0.315. The number of sulfonamides is 1. The Balaban J connectivity index is 1.88. The van der Waals surface area contributed by atoms with Crippen LogP contribution in [-0.2, 0) is 32.6 Å². The third-order valence-corrected chi connectivity index (χ3v) is 7.61. The summed E-state index contributed by atoms with van der Waals surface area (Å²) in [6.07, 6.45) is 1.45. The first-order chi connectivity index (χ1) is 19.2. The average molecular weight is 570 g/mol. The number of carbonyl (C=O) groups is 2. The Hall–Kier alpha value is -3.92. The molecule has 1 atom stereocenters. The van der Waals surface area contributed by atoms with Gasteiger partial charge >= 0.3 is 0 Å². The molecule has 0 radical (unpaired) electrons. The number of amides is 2. The number of halogens is 1. The van der Waals surface area contributed by atoms with Crippen LogP contribution >= 0.6 is 0 Å². The van der Waals surface area contributed by atoms with Gasteiger partial charge in [-0.05, 0) is 37.1 Å². The fraction of sp³-hybridized carbons (Fsp3) is 0.333. The normalized spacial score (nSPS) is 11.9. The Morgan fingerprint density at radius 2 is 1.62 bits per heavy atom. The molecule has 214 valence electrons. The summed E-state index contributed by atoms with van der Waals surface area (Å²) in [5.74, 6) is -0.819. The summed E-state index contributed by atoms with van der Waals surface area (Å²) in [5, 5.41) is 2.80. The molecule has 0 fully saturated rings. The number of hydrogen-bond donors (Lipinski definition) is 1. The van der Waals surface area contributed by atoms with Gasteiger partial charge < -0.3 is 15.0 Å². The number of likely N-dealkylation sites (N-methyl/N-ethyl adjacent to an activating group) is 1. The van der Waals surface area contributed by atoms with E-state index in [1.54, 1.807) is 49.4 Å². The standard InChI is InChI=1S/C30H36FN3O5S/c1-4-32-30(36)27(21-23-13-6-5-7-14-23)33(22-24-15-8-9-16-25(24)31)29(35)19-12-20-34(40(3,37)38)26-17-10-11-18-28(26)39-2/h5-11,13-18,27H,4,12,19-22H2,1-3H3,(H,32,36)/t27-/m0/s1. The van der Waals surface area contributed by atoms with Crippen LogP contribution in [0.25, 0.3) is 0 Å². The Bertz CT molecular complexity index is 1380. The molecule has 8 nitrogen and oxygen atoms in total. The van der Waals surface area contributed by atoms with E-state index in [9.17, 15) is 22.4 Å². The molecule has 40 heavy (non-hydrogen) atoms. The van der Waals surface area contributed by atoms with Gasteiger partial charge in [0.05, 0.1) is 19.1 Å². The second-order valence-electron chi connectivity index (χ2n) is 9.32. The zero-order valence-corrected chi connectivity index (χ0v) is 23.9. The molecule has 0 aliphatic heterocycles. The van der Waals surface area contributed by atoms with Crippen molar-refractivity contribution in [1.82, 2.24) is 10.2 Å². The zero-order chi connectivity index (χ0) is 29.1. The SMILES string of the molecule is CCNC(=O)[C@H](Cc1ccccc1)N(Cc1ccccc1F)C(=O)CCCN(c1ccccc1OC)S(C)(=O)=O. The number of para-hydroxylation sites is 2. The van der Waals surface area contributed by atoms with Gasteiger partial charge in [0.2, 0.25) is 21.8 Å². The predicted octanol–water partition coefficient (Wildman–Crippen LogP) is 4.16. The molecule has 0 aliphatic carbocycles. The van der Waals surface area contributed by atoms with Gasteiger partial charge in [-0.25, -0.2) is 12.8 Å². The van der Waals surface area contributed by atoms with Crippen LogP contribution in [0, 0.1) is 5.82 Å². The van der Waals surface area contributed by atoms with E-state index in [2.05, 4.69) is 5.32 Å². The summed E-state index contributed by atoms with van der Waals surface area (Å²) in [7, 11) is -2.23. The van der Waals surface area contributed by atoms with E-state index in [4.69, 9.17) is 4.74 Å². The monoisotopic (exact) mass is 569 g/mol. The molecular weight excluding hydrogens is 533 g/mol. The van der Waals surface area contributed by atoms with Crippen LogP contribution in [0.5, 0.6) is 5.75 Å². The molecule has 0 aliphatic rings. The van der Waals surface area contributed by atoms with E-state index < -0.39 is 21.9 Å². The number of nitrogens with zero attached hydrogens (tertiary/aromatic N) is 2. The number of nitrogens with one attached hydrogen (secondary N) is 1. The number of benzene rings is 3. The summed E-state index contributed by atoms with van der Waals surface area (Å²) in [4.78, 5) is 28.4. The molecule has 0 saturated carbocycles. The van der Waals surface area contributed by atoms with Crippen molar-refractivity contribution in [1.29, 1.82) is 0 Å². The van der Waals surface area contributed by atoms with Crippen molar-refractivity contribution in [2.45, 2.75) is 38.8 Å². The van der Waals surface area contributed by atoms with Crippen molar-refractivity contribution in [3.05, 3.63) is 95.8 Å². The molecule has 1 N–H and O–H groups in total. The maximum absolute atomic E-state index is 14.7. The lowest BCUT2D eigenvalue weighted by atomic mass is 10.0. The first-order valence-electron chi connectivity index (χ1n) is 13.1. The number of hydrogen-bond acceptors (Lipinski definition) is 5. The molecule has 0 unspecified atom stereocenters. The Labute approximate surface area is 235 Å². The molecule has 10 heteroatoms. The fourth-order valence-corrected chi connectivity index (χ4v) is 5.44. The third kappa shape index (κ3) is 8.29. The van der Waals surface area contributed by atoms with Crippen LogP contribution in [0.15, 0.2) is 78.9 Å². The van der Waals surface area contributed by atoms with Crippen LogP contribution in [0.4, 0.5) is 10.1 Å². The second kappa shape index (κ2) is 14.5. The first-order valence-corrected chi connectivity index (χ1v) is 15.0. The predicted molar refractivity (Wildman–Crippen MR) is 154 cm³/mol. The van der Waals surface area contributed by atoms with E-state index in [1.165, 1.54) is 22.4 Å². The summed E-state index contributed by atoms with van der Waals surface area (Å²) < 4.78 is 46.5. The van der Waals surface area contributed by atoms with E-state index in [0.29, 0.717) is 18.0 Å². The molecular formula is C30H36FN3O5S. The van der Waals surface area contributed by atoms with Gasteiger partial charge in [-0.3, -0.25) is 13.9 Å². The second-order valence-corrected chi connectivity index (χ2v) is 11.2. The molecule has 0 saturated heterocycles. The van der Waals surface area contributed by atoms with Gasteiger partial charge in [0.15, 0.2) is 0 Å². The minimum Gasteiger partial charge on any atom is -0.495 e. The summed E-state index contributed by atoms with van der Waals surface area (Å²) >= 11 is 0. The maximum Gasteiger partial charge on any atom is 0.243 e. The highest BCUT2D eigenvalue weighted by Gasteiger charge is 2.31. The molecule has 0 heterocycles. The highest BCUT2D eigenvalue weighted by molar-refractivity contribution is 7.92. The number of carbonyl (C=O) groups excluding carboxylic acids is 2. The lowest BCUT2D eigenvalue weighted by Crippen LogP contribution is -2.50. The molecule has 0 bridgehead atoms. The van der Waals surface area contributed by atoms with Crippen molar-refractivity contribution >= 4 is 27.5 Å². The Kier molecular flexibility index (Phi) is 11.1. The van der Waals surface area contributed by atoms with Gasteiger partial charge in [0.25, 0.3) is 0 Å². The molecule has 2 amide bonds. The minimum absolute atomic E-state index is 0.0169. The Morgan fingerprint density at radius 3 is 2.27 bits per heavy atom. The van der Waals surface area contributed by atoms with Crippen LogP contribution in [0.1, 0.15) is 30.9 Å². The van der Waals surface area contributed by atoms with Crippen LogP contribution in [-0.4, -0.2) is 57.6 Å². The topological polar surface area (TPSA) is 96.0 Å². The number of methoxy groups -OCH3 is 1. The van der Waals surface area contributed by atoms with E-state index in [0.717, 1.165) is 11.8 Å². The summed E-state index contributed by atoms with van der Waals surface area (Å²) in [6.45, 7) is 2.07. The maximum atomic E-state index is 14.7. The largest absolute Gasteiger partial charge is 0.495 e. The van der Waals surface area contributed by atoms with Crippen LogP contribution in [0.3, 0.4) is 0 Å². The van der Waals surface area contributed by atoms with Crippen molar-refractivity contribution < 1.29 is 27.1 Å². The number of rotatable bonds is 14. The highest BCUT2D eigenvalue weighted by atomic mass is 32.2. The van der Waals surface area contributed by atoms with Gasteiger partial charge in [-0.1, -0.05) is 60.7 Å². The zero-order valence-electron chi connectivity index (χ0n) is 23.0. The van der Waals surface area contributed by atoms with Gasteiger partial charge in [0, 0.05) is 38.0 Å². The lowest BCUT2D eigenvalue weighted by molar-refractivity contribution is -0.141. The van der Waals surface area contributed by atoms with Gasteiger partial charge in [0.1, 0.15) is 17.6 Å². The van der Waals surface area contributed by atoms with Crippen LogP contribution < -0.4 is 14.4 Å². The van der Waals surface area contributed by atoms with Crippen molar-refractivity contribution in [3.8, 4) is 5.75 Å².